The number of aliphatic carboxylic acids is 1. The van der Waals surface area contributed by atoms with Crippen LogP contribution in [-0.4, -0.2) is 28.1 Å². The molecule has 4 atom stereocenters. The van der Waals surface area contributed by atoms with Crippen molar-refractivity contribution in [2.45, 2.75) is 44.3 Å². The summed E-state index contributed by atoms with van der Waals surface area (Å²) in [6.45, 7) is 2.16. The number of carboxylic acid groups (broad SMARTS) is 1. The summed E-state index contributed by atoms with van der Waals surface area (Å²) >= 11 is 7.59. The molecule has 2 fully saturated rings. The zero-order valence-corrected chi connectivity index (χ0v) is 11.7. The van der Waals surface area contributed by atoms with E-state index in [2.05, 4.69) is 17.9 Å². The summed E-state index contributed by atoms with van der Waals surface area (Å²) in [5.41, 5.74) is 0. The Morgan fingerprint density at radius 3 is 2.89 bits per heavy atom. The molecule has 0 spiro atoms. The van der Waals surface area contributed by atoms with E-state index < -0.39 is 5.97 Å². The second kappa shape index (κ2) is 4.51. The summed E-state index contributed by atoms with van der Waals surface area (Å²) in [7, 11) is 0. The van der Waals surface area contributed by atoms with Crippen LogP contribution in [0.2, 0.25) is 4.34 Å². The molecule has 0 aliphatic carbocycles. The molecule has 2 aliphatic rings. The van der Waals surface area contributed by atoms with E-state index in [4.69, 9.17) is 11.6 Å². The molecule has 0 radical (unpaired) electrons. The number of hydrogen-bond donors (Lipinski definition) is 1. The minimum atomic E-state index is -0.636. The maximum atomic E-state index is 11.3. The summed E-state index contributed by atoms with van der Waals surface area (Å²) in [6.07, 6.45) is 2.96. The zero-order chi connectivity index (χ0) is 12.9. The second-order valence-electron chi connectivity index (χ2n) is 5.24. The molecule has 0 aromatic carbocycles. The van der Waals surface area contributed by atoms with Crippen molar-refractivity contribution in [3.05, 3.63) is 21.3 Å². The first kappa shape index (κ1) is 12.5. The molecule has 3 rings (SSSR count). The molecule has 1 aromatic rings. The van der Waals surface area contributed by atoms with Crippen molar-refractivity contribution in [3.63, 3.8) is 0 Å². The predicted octanol–water partition coefficient (Wildman–Crippen LogP) is 3.40. The van der Waals surface area contributed by atoms with E-state index in [1.807, 2.05) is 6.07 Å². The molecule has 4 unspecified atom stereocenters. The number of halogens is 1. The first-order valence-corrected chi connectivity index (χ1v) is 7.53. The van der Waals surface area contributed by atoms with Gasteiger partial charge in [0.2, 0.25) is 0 Å². The molecule has 98 valence electrons. The zero-order valence-electron chi connectivity index (χ0n) is 10.2. The lowest BCUT2D eigenvalue weighted by atomic mass is 9.89. The molecule has 0 amide bonds. The highest BCUT2D eigenvalue weighted by Crippen LogP contribution is 2.47. The van der Waals surface area contributed by atoms with Crippen LogP contribution in [0.1, 0.15) is 37.1 Å². The molecular weight excluding hydrogens is 270 g/mol. The monoisotopic (exact) mass is 285 g/mol. The lowest BCUT2D eigenvalue weighted by Crippen LogP contribution is -2.34. The van der Waals surface area contributed by atoms with E-state index in [-0.39, 0.29) is 18.0 Å². The van der Waals surface area contributed by atoms with Crippen molar-refractivity contribution in [3.8, 4) is 0 Å². The summed E-state index contributed by atoms with van der Waals surface area (Å²) in [5, 5.41) is 9.26. The summed E-state index contributed by atoms with van der Waals surface area (Å²) in [6, 6.07) is 4.91. The Kier molecular flexibility index (Phi) is 3.12. The van der Waals surface area contributed by atoms with Gasteiger partial charge < -0.3 is 5.11 Å². The molecule has 3 nitrogen and oxygen atoms in total. The minimum Gasteiger partial charge on any atom is -0.481 e. The lowest BCUT2D eigenvalue weighted by molar-refractivity contribution is -0.142. The topological polar surface area (TPSA) is 40.5 Å². The fraction of sp³-hybridized carbons (Fsp3) is 0.615. The second-order valence-corrected chi connectivity index (χ2v) is 6.99. The van der Waals surface area contributed by atoms with Crippen molar-refractivity contribution in [1.82, 2.24) is 4.90 Å². The van der Waals surface area contributed by atoms with Gasteiger partial charge in [0, 0.05) is 23.0 Å². The van der Waals surface area contributed by atoms with Crippen LogP contribution in [0.15, 0.2) is 12.1 Å². The Hall–Kier alpha value is -0.580. The highest BCUT2D eigenvalue weighted by molar-refractivity contribution is 7.16. The van der Waals surface area contributed by atoms with Gasteiger partial charge in [-0.3, -0.25) is 9.69 Å². The first-order valence-electron chi connectivity index (χ1n) is 6.33. The first-order chi connectivity index (χ1) is 8.58. The van der Waals surface area contributed by atoms with E-state index in [1.165, 1.54) is 4.88 Å². The van der Waals surface area contributed by atoms with Gasteiger partial charge in [-0.15, -0.1) is 11.3 Å². The third kappa shape index (κ3) is 1.87. The molecule has 2 saturated heterocycles. The molecule has 1 aromatic heterocycles. The van der Waals surface area contributed by atoms with Gasteiger partial charge in [0.05, 0.1) is 10.3 Å². The molecule has 1 N–H and O–H groups in total. The quantitative estimate of drug-likeness (QED) is 0.925. The standard InChI is InChI=1S/C13H16ClNO2S/c1-7(11-4-5-12(14)18-11)15-8-2-3-10(15)9(6-8)13(16)17/h4-5,7-10H,2-3,6H2,1H3,(H,16,17). The fourth-order valence-electron chi connectivity index (χ4n) is 3.60. The van der Waals surface area contributed by atoms with Gasteiger partial charge in [-0.1, -0.05) is 11.6 Å². The number of carboxylic acids is 1. The Balaban J connectivity index is 1.83. The third-order valence-electron chi connectivity index (χ3n) is 4.36. The third-order valence-corrected chi connectivity index (χ3v) is 5.76. The van der Waals surface area contributed by atoms with Crippen LogP contribution < -0.4 is 0 Å². The molecule has 3 heterocycles. The van der Waals surface area contributed by atoms with E-state index in [0.717, 1.165) is 23.6 Å². The molecule has 0 saturated carbocycles. The normalized spacial score (nSPS) is 32.9. The number of carbonyl (C=O) groups is 1. The summed E-state index contributed by atoms with van der Waals surface area (Å²) in [5.74, 6) is -0.815. The highest BCUT2D eigenvalue weighted by Gasteiger charge is 2.51. The van der Waals surface area contributed by atoms with Crippen molar-refractivity contribution in [2.75, 3.05) is 0 Å². The largest absolute Gasteiger partial charge is 0.481 e. The van der Waals surface area contributed by atoms with Crippen LogP contribution >= 0.6 is 22.9 Å². The summed E-state index contributed by atoms with van der Waals surface area (Å²) in [4.78, 5) is 14.9. The summed E-state index contributed by atoms with van der Waals surface area (Å²) < 4.78 is 0.804. The van der Waals surface area contributed by atoms with Crippen molar-refractivity contribution >= 4 is 28.9 Å². The van der Waals surface area contributed by atoms with Gasteiger partial charge >= 0.3 is 5.97 Å². The maximum Gasteiger partial charge on any atom is 0.308 e. The van der Waals surface area contributed by atoms with Crippen LogP contribution in [-0.2, 0) is 4.79 Å². The highest BCUT2D eigenvalue weighted by atomic mass is 35.5. The lowest BCUT2D eigenvalue weighted by Gasteiger charge is -2.29. The van der Waals surface area contributed by atoms with E-state index in [0.29, 0.717) is 6.04 Å². The Morgan fingerprint density at radius 2 is 2.33 bits per heavy atom. The van der Waals surface area contributed by atoms with Gasteiger partial charge in [0.1, 0.15) is 0 Å². The van der Waals surface area contributed by atoms with Gasteiger partial charge in [0.25, 0.3) is 0 Å². The van der Waals surface area contributed by atoms with E-state index in [1.54, 1.807) is 11.3 Å². The van der Waals surface area contributed by atoms with Crippen molar-refractivity contribution < 1.29 is 9.90 Å². The van der Waals surface area contributed by atoms with Gasteiger partial charge in [-0.25, -0.2) is 0 Å². The Bertz CT molecular complexity index is 475. The number of hydrogen-bond acceptors (Lipinski definition) is 3. The molecule has 18 heavy (non-hydrogen) atoms. The van der Waals surface area contributed by atoms with Crippen molar-refractivity contribution in [2.24, 2.45) is 5.92 Å². The van der Waals surface area contributed by atoms with Crippen LogP contribution in [0, 0.1) is 5.92 Å². The Morgan fingerprint density at radius 1 is 1.56 bits per heavy atom. The number of rotatable bonds is 3. The number of nitrogens with zero attached hydrogens (tertiary/aromatic N) is 1. The van der Waals surface area contributed by atoms with E-state index >= 15 is 0 Å². The van der Waals surface area contributed by atoms with Crippen LogP contribution in [0.5, 0.6) is 0 Å². The van der Waals surface area contributed by atoms with Crippen molar-refractivity contribution in [1.29, 1.82) is 0 Å². The smallest absolute Gasteiger partial charge is 0.308 e. The maximum absolute atomic E-state index is 11.3. The molecule has 2 aliphatic heterocycles. The molecule has 5 heteroatoms. The predicted molar refractivity (Wildman–Crippen MR) is 72.1 cm³/mol. The van der Waals surface area contributed by atoms with Crippen LogP contribution in [0.25, 0.3) is 0 Å². The molecular formula is C13H16ClNO2S. The average Bonchev–Trinajstić information content (AvgIpc) is 3.01. The number of fused-ring (bicyclic) bond motifs is 2. The van der Waals surface area contributed by atoms with Gasteiger partial charge in [-0.05, 0) is 38.3 Å². The van der Waals surface area contributed by atoms with Gasteiger partial charge in [-0.2, -0.15) is 0 Å². The number of thiophene rings is 1. The average molecular weight is 286 g/mol. The fourth-order valence-corrected chi connectivity index (χ4v) is 4.72. The SMILES string of the molecule is CC(c1ccc(Cl)s1)N1C2CCC1C(C(=O)O)C2. The van der Waals surface area contributed by atoms with E-state index in [9.17, 15) is 9.90 Å². The van der Waals surface area contributed by atoms with Crippen LogP contribution in [0.4, 0.5) is 0 Å². The minimum absolute atomic E-state index is 0.179. The van der Waals surface area contributed by atoms with Crippen LogP contribution in [0.3, 0.4) is 0 Å². The molecule has 2 bridgehead atoms. The van der Waals surface area contributed by atoms with Gasteiger partial charge in [0.15, 0.2) is 0 Å². The Labute approximate surface area is 115 Å².